The summed E-state index contributed by atoms with van der Waals surface area (Å²) in [5.41, 5.74) is 0. The zero-order valence-electron chi connectivity index (χ0n) is 1.49. The van der Waals surface area contributed by atoms with Crippen molar-refractivity contribution in [2.24, 2.45) is 0 Å². The monoisotopic (exact) mass is 181 g/mol. The molecule has 0 aliphatic heterocycles. The molecule has 0 saturated heterocycles. The topological polar surface area (TPSA) is 9.23 Å². The van der Waals surface area contributed by atoms with Gasteiger partial charge in [0.05, 0.1) is 7.11 Å². The van der Waals surface area contributed by atoms with Crippen molar-refractivity contribution in [1.29, 1.82) is 0 Å². The Kier molecular flexibility index (Phi) is 20.3. The Morgan fingerprint density at radius 1 is 1.75 bits per heavy atom. The summed E-state index contributed by atoms with van der Waals surface area (Å²) in [5.74, 6) is 0. The number of hydrogen-bond donors (Lipinski definition) is 0. The zero-order chi connectivity index (χ0) is 2.71. The Bertz CT molecular complexity index is 8.00. The molecule has 0 fully saturated rings. The fourth-order valence-electron chi connectivity index (χ4n) is 0. The first kappa shape index (κ1) is 9.19. The number of rotatable bonds is 0. The van der Waals surface area contributed by atoms with Gasteiger partial charge in [-0.05, 0) is 0 Å². The quantitative estimate of drug-likeness (QED) is 0.390. The van der Waals surface area contributed by atoms with Gasteiger partial charge < -0.3 is 3.07 Å². The molecule has 4 heavy (non-hydrogen) atoms. The van der Waals surface area contributed by atoms with Gasteiger partial charge in [-0.15, -0.1) is 0 Å². The van der Waals surface area contributed by atoms with Crippen LogP contribution >= 0.6 is 23.0 Å². The van der Waals surface area contributed by atoms with E-state index in [0.717, 1.165) is 0 Å². The molecular weight excluding hydrogens is 178 g/mol. The molecule has 0 aliphatic carbocycles. The summed E-state index contributed by atoms with van der Waals surface area (Å²) >= 11 is 1.68. The molecule has 0 rings (SSSR count). The van der Waals surface area contributed by atoms with Crippen molar-refractivity contribution < 1.29 is 3.07 Å². The second-order valence-corrected chi connectivity index (χ2v) is 0.732. The van der Waals surface area contributed by atoms with Crippen molar-refractivity contribution in [3.05, 3.63) is 7.11 Å². The van der Waals surface area contributed by atoms with E-state index in [1.165, 1.54) is 0 Å². The third kappa shape index (κ3) is 9.35. The minimum absolute atomic E-state index is 0. The molecule has 3 heteroatoms. The third-order valence-corrected chi connectivity index (χ3v) is 0. The van der Waals surface area contributed by atoms with Gasteiger partial charge in [-0.2, -0.15) is 0 Å². The Labute approximate surface area is 62.1 Å². The van der Waals surface area contributed by atoms with E-state index in [-0.39, 0.29) is 29.6 Å². The maximum absolute atomic E-state index is 3.97. The van der Waals surface area contributed by atoms with Crippen LogP contribution in [-0.2, 0) is 3.07 Å². The SMILES string of the molecule is [CH2]OI.[NaH]. The van der Waals surface area contributed by atoms with Gasteiger partial charge in [0.25, 0.3) is 0 Å². The molecule has 0 unspecified atom stereocenters. The summed E-state index contributed by atoms with van der Waals surface area (Å²) < 4.78 is 3.97. The molecule has 0 aromatic rings. The Morgan fingerprint density at radius 2 is 1.75 bits per heavy atom. The van der Waals surface area contributed by atoms with E-state index in [1.54, 1.807) is 23.0 Å². The molecule has 0 aromatic carbocycles. The van der Waals surface area contributed by atoms with Crippen molar-refractivity contribution >= 4 is 52.6 Å². The standard InChI is InChI=1S/CH2IO.Na.H/c1-3-2;;/h1H2;;. The van der Waals surface area contributed by atoms with Gasteiger partial charge in [0.15, 0.2) is 0 Å². The van der Waals surface area contributed by atoms with Gasteiger partial charge >= 0.3 is 29.6 Å². The second kappa shape index (κ2) is 8.83. The summed E-state index contributed by atoms with van der Waals surface area (Å²) in [6.07, 6.45) is 0. The van der Waals surface area contributed by atoms with Crippen LogP contribution in [0.4, 0.5) is 0 Å². The van der Waals surface area contributed by atoms with E-state index in [9.17, 15) is 0 Å². The van der Waals surface area contributed by atoms with E-state index in [2.05, 4.69) is 10.2 Å². The van der Waals surface area contributed by atoms with Crippen LogP contribution in [0.3, 0.4) is 0 Å². The number of hydrogen-bond acceptors (Lipinski definition) is 1. The summed E-state index contributed by atoms with van der Waals surface area (Å²) in [7, 11) is 2.97. The first-order valence-corrected chi connectivity index (χ1v) is 1.32. The summed E-state index contributed by atoms with van der Waals surface area (Å²) in [5, 5.41) is 0. The van der Waals surface area contributed by atoms with Crippen molar-refractivity contribution in [3.63, 3.8) is 0 Å². The van der Waals surface area contributed by atoms with Crippen LogP contribution in [0.25, 0.3) is 0 Å². The predicted molar refractivity (Wildman–Crippen MR) is 27.6 cm³/mol. The van der Waals surface area contributed by atoms with Crippen molar-refractivity contribution in [3.8, 4) is 0 Å². The van der Waals surface area contributed by atoms with Crippen molar-refractivity contribution in [2.75, 3.05) is 0 Å². The molecule has 0 spiro atoms. The average Bonchev–Trinajstić information content (AvgIpc) is 0.918. The van der Waals surface area contributed by atoms with Gasteiger partial charge in [0, 0.05) is 0 Å². The molecule has 0 saturated carbocycles. The van der Waals surface area contributed by atoms with Gasteiger partial charge in [-0.1, -0.05) is 0 Å². The van der Waals surface area contributed by atoms with Crippen molar-refractivity contribution in [2.45, 2.75) is 0 Å². The molecule has 1 radical (unpaired) electrons. The van der Waals surface area contributed by atoms with E-state index in [4.69, 9.17) is 0 Å². The molecule has 0 atom stereocenters. The summed E-state index contributed by atoms with van der Waals surface area (Å²) in [4.78, 5) is 0. The Hall–Kier alpha value is 1.69. The average molecular weight is 181 g/mol. The van der Waals surface area contributed by atoms with E-state index in [1.807, 2.05) is 0 Å². The fraction of sp³-hybridized carbons (Fsp3) is 0. The first-order valence-electron chi connectivity index (χ1n) is 0.443. The van der Waals surface area contributed by atoms with Gasteiger partial charge in [0.2, 0.25) is 0 Å². The number of halogens is 1. The molecule has 0 bridgehead atoms. The van der Waals surface area contributed by atoms with Crippen LogP contribution in [0.1, 0.15) is 0 Å². The van der Waals surface area contributed by atoms with Crippen LogP contribution in [0.15, 0.2) is 0 Å². The minimum atomic E-state index is 0. The molecule has 1 nitrogen and oxygen atoms in total. The van der Waals surface area contributed by atoms with E-state index >= 15 is 0 Å². The van der Waals surface area contributed by atoms with E-state index < -0.39 is 0 Å². The molecule has 0 aromatic heterocycles. The van der Waals surface area contributed by atoms with Crippen molar-refractivity contribution in [1.82, 2.24) is 0 Å². The maximum atomic E-state index is 3.97. The molecule has 0 heterocycles. The third-order valence-electron chi connectivity index (χ3n) is 0. The zero-order valence-corrected chi connectivity index (χ0v) is 3.65. The Morgan fingerprint density at radius 3 is 1.75 bits per heavy atom. The molecular formula is CH3INaO. The van der Waals surface area contributed by atoms with Crippen LogP contribution in [0, 0.1) is 7.11 Å². The second-order valence-electron chi connectivity index (χ2n) is 0.109. The normalized spacial score (nSPS) is 4.50. The Balaban J connectivity index is 0. The van der Waals surface area contributed by atoms with E-state index in [0.29, 0.717) is 0 Å². The molecule has 0 aliphatic rings. The van der Waals surface area contributed by atoms with Gasteiger partial charge in [-0.25, -0.2) is 0 Å². The van der Waals surface area contributed by atoms with Crippen LogP contribution in [0.5, 0.6) is 0 Å². The molecule has 21 valence electrons. The predicted octanol–water partition coefficient (Wildman–Crippen LogP) is 0.496. The molecule has 0 N–H and O–H groups in total. The molecule has 0 amide bonds. The summed E-state index contributed by atoms with van der Waals surface area (Å²) in [6, 6.07) is 0. The van der Waals surface area contributed by atoms with Gasteiger partial charge in [0.1, 0.15) is 23.0 Å². The van der Waals surface area contributed by atoms with Crippen LogP contribution < -0.4 is 0 Å². The summed E-state index contributed by atoms with van der Waals surface area (Å²) in [6.45, 7) is 0. The van der Waals surface area contributed by atoms with Gasteiger partial charge in [-0.3, -0.25) is 0 Å². The van der Waals surface area contributed by atoms with Crippen LogP contribution in [-0.4, -0.2) is 29.6 Å². The van der Waals surface area contributed by atoms with Crippen LogP contribution in [0.2, 0.25) is 0 Å². The fourth-order valence-corrected chi connectivity index (χ4v) is 0. The first-order chi connectivity index (χ1) is 1.41.